The minimum atomic E-state index is 0.858. The van der Waals surface area contributed by atoms with Crippen LogP contribution in [0.4, 0.5) is 0 Å². The normalized spacial score (nSPS) is 16.5. The molecule has 0 heterocycles. The van der Waals surface area contributed by atoms with Crippen LogP contribution < -0.4 is 0 Å². The first-order valence-corrected chi connectivity index (χ1v) is 4.76. The van der Waals surface area contributed by atoms with Crippen molar-refractivity contribution in [1.82, 2.24) is 0 Å². The smallest absolute Gasteiger partial charge is 0.0161 e. The molecule has 1 aromatic rings. The summed E-state index contributed by atoms with van der Waals surface area (Å²) in [6.07, 6.45) is 3.86. The van der Waals surface area contributed by atoms with E-state index in [9.17, 15) is 0 Å². The highest BCUT2D eigenvalue weighted by molar-refractivity contribution is 5.36. The highest BCUT2D eigenvalue weighted by Crippen LogP contribution is 2.40. The van der Waals surface area contributed by atoms with Gasteiger partial charge in [-0.05, 0) is 48.8 Å². The molecule has 0 heteroatoms. The van der Waals surface area contributed by atoms with Crippen LogP contribution in [-0.4, -0.2) is 0 Å². The molecule has 0 bridgehead atoms. The number of hydrogen-bond acceptors (Lipinski definition) is 0. The summed E-state index contributed by atoms with van der Waals surface area (Å²) in [5, 5.41) is 0. The third kappa shape index (κ3) is 1.38. The Morgan fingerprint density at radius 1 is 1.42 bits per heavy atom. The zero-order valence-corrected chi connectivity index (χ0v) is 7.64. The monoisotopic (exact) mass is 159 g/mol. The van der Waals surface area contributed by atoms with Gasteiger partial charge in [0.15, 0.2) is 0 Å². The van der Waals surface area contributed by atoms with Crippen molar-refractivity contribution in [3.05, 3.63) is 41.8 Å². The molecule has 0 saturated heterocycles. The van der Waals surface area contributed by atoms with Crippen molar-refractivity contribution in [3.8, 4) is 0 Å². The minimum Gasteiger partial charge on any atom is -0.0613 e. The molecular weight excluding hydrogens is 144 g/mol. The Morgan fingerprint density at radius 2 is 2.17 bits per heavy atom. The van der Waals surface area contributed by atoms with Gasteiger partial charge in [0, 0.05) is 0 Å². The first-order chi connectivity index (χ1) is 5.81. The van der Waals surface area contributed by atoms with Gasteiger partial charge >= 0.3 is 0 Å². The molecule has 1 aromatic carbocycles. The number of aryl methyl sites for hydroxylation is 1. The number of rotatable bonds is 2. The Hall–Kier alpha value is -0.780. The van der Waals surface area contributed by atoms with Crippen molar-refractivity contribution in [3.63, 3.8) is 0 Å². The van der Waals surface area contributed by atoms with Crippen LogP contribution in [-0.2, 0) is 6.42 Å². The highest BCUT2D eigenvalue weighted by atomic mass is 14.3. The summed E-state index contributed by atoms with van der Waals surface area (Å²) in [6.45, 7) is 6.24. The summed E-state index contributed by atoms with van der Waals surface area (Å²) in [5.41, 5.74) is 4.11. The lowest BCUT2D eigenvalue weighted by atomic mass is 10.0. The molecule has 0 N–H and O–H groups in total. The van der Waals surface area contributed by atoms with Crippen LogP contribution in [0.1, 0.15) is 42.4 Å². The summed E-state index contributed by atoms with van der Waals surface area (Å²) in [4.78, 5) is 0. The predicted molar refractivity (Wildman–Crippen MR) is 52.3 cm³/mol. The van der Waals surface area contributed by atoms with E-state index in [1.165, 1.54) is 29.5 Å². The lowest BCUT2D eigenvalue weighted by molar-refractivity contribution is 1.08. The molecule has 0 spiro atoms. The second-order valence-electron chi connectivity index (χ2n) is 3.66. The fraction of sp³-hybridized carbons (Fsp3) is 0.417. The van der Waals surface area contributed by atoms with Crippen molar-refractivity contribution in [2.45, 2.75) is 32.1 Å². The number of hydrogen-bond donors (Lipinski definition) is 0. The van der Waals surface area contributed by atoms with Crippen LogP contribution >= 0.6 is 0 Å². The number of benzene rings is 1. The molecule has 1 aliphatic rings. The Kier molecular flexibility index (Phi) is 1.92. The van der Waals surface area contributed by atoms with E-state index in [4.69, 9.17) is 0 Å². The van der Waals surface area contributed by atoms with Crippen molar-refractivity contribution < 1.29 is 0 Å². The van der Waals surface area contributed by atoms with Gasteiger partial charge in [0.25, 0.3) is 0 Å². The Balaban J connectivity index is 2.30. The van der Waals surface area contributed by atoms with E-state index in [1.807, 2.05) is 0 Å². The van der Waals surface area contributed by atoms with E-state index < -0.39 is 0 Å². The summed E-state index contributed by atoms with van der Waals surface area (Å²) in [7, 11) is 0. The van der Waals surface area contributed by atoms with E-state index >= 15 is 0 Å². The first kappa shape index (κ1) is 7.85. The van der Waals surface area contributed by atoms with Gasteiger partial charge in [-0.25, -0.2) is 0 Å². The van der Waals surface area contributed by atoms with Gasteiger partial charge in [-0.3, -0.25) is 0 Å². The molecular formula is C12H15. The van der Waals surface area contributed by atoms with Crippen LogP contribution in [0.25, 0.3) is 0 Å². The summed E-state index contributed by atoms with van der Waals surface area (Å²) in [6, 6.07) is 6.76. The van der Waals surface area contributed by atoms with Gasteiger partial charge < -0.3 is 0 Å². The lowest BCUT2D eigenvalue weighted by Crippen LogP contribution is -1.88. The fourth-order valence-electron chi connectivity index (χ4n) is 1.66. The van der Waals surface area contributed by atoms with Crippen LogP contribution in [0, 0.1) is 6.92 Å². The largest absolute Gasteiger partial charge is 0.0613 e. The van der Waals surface area contributed by atoms with E-state index in [0.717, 1.165) is 12.3 Å². The van der Waals surface area contributed by atoms with Gasteiger partial charge in [0.2, 0.25) is 0 Å². The maximum Gasteiger partial charge on any atom is -0.0161 e. The quantitative estimate of drug-likeness (QED) is 0.621. The Bertz CT molecular complexity index is 282. The molecule has 1 fully saturated rings. The minimum absolute atomic E-state index is 0.858. The van der Waals surface area contributed by atoms with Gasteiger partial charge in [0.1, 0.15) is 0 Å². The first-order valence-electron chi connectivity index (χ1n) is 4.76. The molecule has 0 unspecified atom stereocenters. The average molecular weight is 159 g/mol. The molecule has 1 saturated carbocycles. The van der Waals surface area contributed by atoms with Crippen LogP contribution in [0.5, 0.6) is 0 Å². The summed E-state index contributed by atoms with van der Waals surface area (Å²) in [5.74, 6) is 0.858. The van der Waals surface area contributed by atoms with Crippen molar-refractivity contribution in [2.75, 3.05) is 0 Å². The topological polar surface area (TPSA) is 0 Å². The predicted octanol–water partition coefficient (Wildman–Crippen LogP) is 3.31. The van der Waals surface area contributed by atoms with Crippen molar-refractivity contribution in [2.24, 2.45) is 0 Å². The SMILES string of the molecule is [CH2]c1cc(C2CC2)ccc1CC. The van der Waals surface area contributed by atoms with E-state index in [2.05, 4.69) is 32.0 Å². The van der Waals surface area contributed by atoms with Crippen LogP contribution in [0.15, 0.2) is 18.2 Å². The molecule has 2 rings (SSSR count). The molecule has 0 aliphatic heterocycles. The molecule has 0 nitrogen and oxygen atoms in total. The lowest BCUT2D eigenvalue weighted by Gasteiger charge is -2.04. The third-order valence-electron chi connectivity index (χ3n) is 2.66. The zero-order valence-electron chi connectivity index (χ0n) is 7.64. The van der Waals surface area contributed by atoms with Crippen molar-refractivity contribution >= 4 is 0 Å². The molecule has 0 atom stereocenters. The summed E-state index contributed by atoms with van der Waals surface area (Å²) < 4.78 is 0. The molecule has 63 valence electrons. The molecule has 0 aromatic heterocycles. The zero-order chi connectivity index (χ0) is 8.55. The van der Waals surface area contributed by atoms with E-state index in [0.29, 0.717) is 0 Å². The van der Waals surface area contributed by atoms with Crippen LogP contribution in [0.2, 0.25) is 0 Å². The third-order valence-corrected chi connectivity index (χ3v) is 2.66. The summed E-state index contributed by atoms with van der Waals surface area (Å²) >= 11 is 0. The fourth-order valence-corrected chi connectivity index (χ4v) is 1.66. The average Bonchev–Trinajstić information content (AvgIpc) is 2.86. The molecule has 1 aliphatic carbocycles. The molecule has 0 amide bonds. The van der Waals surface area contributed by atoms with Gasteiger partial charge in [-0.15, -0.1) is 0 Å². The van der Waals surface area contributed by atoms with E-state index in [1.54, 1.807) is 0 Å². The maximum atomic E-state index is 4.06. The van der Waals surface area contributed by atoms with Crippen molar-refractivity contribution in [1.29, 1.82) is 0 Å². The maximum absolute atomic E-state index is 4.06. The molecule has 1 radical (unpaired) electrons. The van der Waals surface area contributed by atoms with Gasteiger partial charge in [-0.1, -0.05) is 25.1 Å². The van der Waals surface area contributed by atoms with Gasteiger partial charge in [-0.2, -0.15) is 0 Å². The second kappa shape index (κ2) is 2.93. The Morgan fingerprint density at radius 3 is 2.67 bits per heavy atom. The standard InChI is InChI=1S/C12H15/c1-3-10-4-7-12(8-9(10)2)11-5-6-11/h4,7-8,11H,2-3,5-6H2,1H3. The second-order valence-corrected chi connectivity index (χ2v) is 3.66. The Labute approximate surface area is 74.6 Å². The van der Waals surface area contributed by atoms with E-state index in [-0.39, 0.29) is 0 Å². The van der Waals surface area contributed by atoms with Gasteiger partial charge in [0.05, 0.1) is 0 Å². The van der Waals surface area contributed by atoms with Crippen LogP contribution in [0.3, 0.4) is 0 Å². The highest BCUT2D eigenvalue weighted by Gasteiger charge is 2.23. The molecule has 12 heavy (non-hydrogen) atoms.